The number of rotatable bonds is 6. The summed E-state index contributed by atoms with van der Waals surface area (Å²) in [6, 6.07) is 6.16. The monoisotopic (exact) mass is 277 g/mol. The number of methoxy groups -OCH3 is 1. The van der Waals surface area contributed by atoms with E-state index in [4.69, 9.17) is 4.74 Å². The van der Waals surface area contributed by atoms with Crippen LogP contribution in [0.4, 0.5) is 5.69 Å². The van der Waals surface area contributed by atoms with Crippen molar-refractivity contribution >= 4 is 11.6 Å². The molecule has 0 saturated heterocycles. The van der Waals surface area contributed by atoms with E-state index in [2.05, 4.69) is 22.3 Å². The van der Waals surface area contributed by atoms with Gasteiger partial charge in [-0.3, -0.25) is 9.69 Å². The zero-order valence-electron chi connectivity index (χ0n) is 12.5. The summed E-state index contributed by atoms with van der Waals surface area (Å²) in [6.07, 6.45) is 0. The Labute approximate surface area is 120 Å². The second-order valence-electron chi connectivity index (χ2n) is 5.47. The van der Waals surface area contributed by atoms with Crippen LogP contribution in [0.25, 0.3) is 0 Å². The lowest BCUT2D eigenvalue weighted by molar-refractivity contribution is -0.116. The summed E-state index contributed by atoms with van der Waals surface area (Å²) in [6.45, 7) is 3.98. The number of nitrogens with zero attached hydrogens (tertiary/aromatic N) is 2. The number of amides is 1. The maximum Gasteiger partial charge on any atom is 0.238 e. The summed E-state index contributed by atoms with van der Waals surface area (Å²) in [4.78, 5) is 16.0. The van der Waals surface area contributed by atoms with Crippen LogP contribution < -0.4 is 5.32 Å². The van der Waals surface area contributed by atoms with E-state index >= 15 is 0 Å². The molecule has 1 aliphatic rings. The number of carbonyl (C=O) groups excluding carboxylic acids is 1. The molecule has 0 spiro atoms. The van der Waals surface area contributed by atoms with Crippen molar-refractivity contribution in [3.63, 3.8) is 0 Å². The first-order valence-corrected chi connectivity index (χ1v) is 6.86. The van der Waals surface area contributed by atoms with Crippen molar-refractivity contribution in [2.75, 3.05) is 46.2 Å². The largest absolute Gasteiger partial charge is 0.383 e. The molecule has 0 saturated carbocycles. The number of hydrogen-bond acceptors (Lipinski definition) is 4. The summed E-state index contributed by atoms with van der Waals surface area (Å²) in [5, 5.41) is 2.94. The quantitative estimate of drug-likeness (QED) is 0.847. The number of ether oxygens (including phenoxy) is 1. The van der Waals surface area contributed by atoms with Gasteiger partial charge >= 0.3 is 0 Å². The van der Waals surface area contributed by atoms with Crippen LogP contribution in [0, 0.1) is 0 Å². The first-order valence-electron chi connectivity index (χ1n) is 6.86. The fraction of sp³-hybridized carbons (Fsp3) is 0.533. The van der Waals surface area contributed by atoms with Gasteiger partial charge in [-0.05, 0) is 37.4 Å². The molecule has 1 aromatic rings. The van der Waals surface area contributed by atoms with Crippen LogP contribution in [-0.4, -0.2) is 56.6 Å². The van der Waals surface area contributed by atoms with Crippen LogP contribution in [0.1, 0.15) is 11.1 Å². The summed E-state index contributed by atoms with van der Waals surface area (Å²) >= 11 is 0. The molecule has 0 unspecified atom stereocenters. The van der Waals surface area contributed by atoms with Crippen molar-refractivity contribution in [2.24, 2.45) is 0 Å². The number of hydrogen-bond donors (Lipinski definition) is 1. The van der Waals surface area contributed by atoms with Gasteiger partial charge in [-0.1, -0.05) is 6.07 Å². The fourth-order valence-electron chi connectivity index (χ4n) is 2.41. The Morgan fingerprint density at radius 3 is 2.80 bits per heavy atom. The van der Waals surface area contributed by atoms with Crippen LogP contribution in [0.15, 0.2) is 18.2 Å². The molecule has 2 rings (SSSR count). The van der Waals surface area contributed by atoms with Gasteiger partial charge < -0.3 is 15.0 Å². The topological polar surface area (TPSA) is 44.8 Å². The molecule has 20 heavy (non-hydrogen) atoms. The van der Waals surface area contributed by atoms with Gasteiger partial charge in [0.15, 0.2) is 0 Å². The highest BCUT2D eigenvalue weighted by Gasteiger charge is 2.18. The minimum atomic E-state index is 0.0178. The SMILES string of the molecule is COCCN1Cc2ccc(NC(=O)CN(C)C)cc2C1. The van der Waals surface area contributed by atoms with E-state index in [0.29, 0.717) is 6.54 Å². The molecule has 1 heterocycles. The van der Waals surface area contributed by atoms with Crippen LogP contribution in [0.3, 0.4) is 0 Å². The minimum absolute atomic E-state index is 0.0178. The standard InChI is InChI=1S/C15H23N3O2/c1-17(2)11-15(19)16-14-5-4-12-9-18(6-7-20-3)10-13(12)8-14/h4-5,8H,6-7,9-11H2,1-3H3,(H,16,19). The van der Waals surface area contributed by atoms with Crippen LogP contribution in [0.2, 0.25) is 0 Å². The third kappa shape index (κ3) is 4.03. The van der Waals surface area contributed by atoms with E-state index in [1.165, 1.54) is 11.1 Å². The molecule has 1 aromatic carbocycles. The van der Waals surface area contributed by atoms with E-state index in [-0.39, 0.29) is 5.91 Å². The molecule has 1 aliphatic heterocycles. The lowest BCUT2D eigenvalue weighted by atomic mass is 10.1. The molecule has 0 bridgehead atoms. The first-order chi connectivity index (χ1) is 9.58. The highest BCUT2D eigenvalue weighted by Crippen LogP contribution is 2.25. The van der Waals surface area contributed by atoms with Gasteiger partial charge in [0.25, 0.3) is 0 Å². The normalized spacial score (nSPS) is 14.6. The molecule has 0 radical (unpaired) electrons. The van der Waals surface area contributed by atoms with Gasteiger partial charge in [0, 0.05) is 32.4 Å². The molecule has 0 atom stereocenters. The molecule has 0 fully saturated rings. The smallest absolute Gasteiger partial charge is 0.238 e. The second-order valence-corrected chi connectivity index (χ2v) is 5.47. The van der Waals surface area contributed by atoms with Gasteiger partial charge in [-0.25, -0.2) is 0 Å². The average molecular weight is 277 g/mol. The Hall–Kier alpha value is -1.43. The van der Waals surface area contributed by atoms with Gasteiger partial charge in [0.05, 0.1) is 13.2 Å². The number of anilines is 1. The molecular weight excluding hydrogens is 254 g/mol. The van der Waals surface area contributed by atoms with Crippen molar-refractivity contribution in [3.8, 4) is 0 Å². The van der Waals surface area contributed by atoms with Gasteiger partial charge in [0.2, 0.25) is 5.91 Å². The van der Waals surface area contributed by atoms with Gasteiger partial charge in [-0.15, -0.1) is 0 Å². The van der Waals surface area contributed by atoms with Crippen molar-refractivity contribution in [1.82, 2.24) is 9.80 Å². The van der Waals surface area contributed by atoms with E-state index in [1.54, 1.807) is 7.11 Å². The highest BCUT2D eigenvalue weighted by atomic mass is 16.5. The third-order valence-electron chi connectivity index (χ3n) is 3.35. The molecule has 1 amide bonds. The summed E-state index contributed by atoms with van der Waals surface area (Å²) in [5.41, 5.74) is 3.51. The van der Waals surface area contributed by atoms with E-state index in [9.17, 15) is 4.79 Å². The Balaban J connectivity index is 1.95. The third-order valence-corrected chi connectivity index (χ3v) is 3.35. The van der Waals surface area contributed by atoms with Gasteiger partial charge in [-0.2, -0.15) is 0 Å². The molecule has 5 nitrogen and oxygen atoms in total. The molecule has 0 aliphatic carbocycles. The first kappa shape index (κ1) is 15.0. The number of carbonyl (C=O) groups is 1. The molecule has 110 valence electrons. The molecule has 0 aromatic heterocycles. The molecular formula is C15H23N3O2. The zero-order chi connectivity index (χ0) is 14.5. The zero-order valence-corrected chi connectivity index (χ0v) is 12.5. The predicted molar refractivity (Wildman–Crippen MR) is 79.6 cm³/mol. The number of benzene rings is 1. The second kappa shape index (κ2) is 6.83. The number of nitrogens with one attached hydrogen (secondary N) is 1. The number of fused-ring (bicyclic) bond motifs is 1. The minimum Gasteiger partial charge on any atom is -0.383 e. The van der Waals surface area contributed by atoms with Crippen LogP contribution in [-0.2, 0) is 22.6 Å². The maximum absolute atomic E-state index is 11.7. The molecule has 1 N–H and O–H groups in total. The number of likely N-dealkylation sites (N-methyl/N-ethyl adjacent to an activating group) is 1. The van der Waals surface area contributed by atoms with Crippen molar-refractivity contribution in [1.29, 1.82) is 0 Å². The Morgan fingerprint density at radius 1 is 1.35 bits per heavy atom. The van der Waals surface area contributed by atoms with Crippen LogP contribution in [0.5, 0.6) is 0 Å². The predicted octanol–water partition coefficient (Wildman–Crippen LogP) is 1.15. The maximum atomic E-state index is 11.7. The lowest BCUT2D eigenvalue weighted by Gasteiger charge is -2.13. The van der Waals surface area contributed by atoms with E-state index < -0.39 is 0 Å². The van der Waals surface area contributed by atoms with Crippen molar-refractivity contribution in [2.45, 2.75) is 13.1 Å². The Morgan fingerprint density at radius 2 is 2.10 bits per heavy atom. The highest BCUT2D eigenvalue weighted by molar-refractivity contribution is 5.92. The van der Waals surface area contributed by atoms with Crippen LogP contribution >= 0.6 is 0 Å². The lowest BCUT2D eigenvalue weighted by Crippen LogP contribution is -2.27. The molecule has 5 heteroatoms. The summed E-state index contributed by atoms with van der Waals surface area (Å²) in [5.74, 6) is 0.0178. The Bertz CT molecular complexity index is 474. The van der Waals surface area contributed by atoms with Crippen molar-refractivity contribution in [3.05, 3.63) is 29.3 Å². The average Bonchev–Trinajstić information content (AvgIpc) is 2.77. The van der Waals surface area contributed by atoms with Crippen molar-refractivity contribution < 1.29 is 9.53 Å². The van der Waals surface area contributed by atoms with Gasteiger partial charge in [0.1, 0.15) is 0 Å². The van der Waals surface area contributed by atoms with E-state index in [0.717, 1.165) is 31.9 Å². The summed E-state index contributed by atoms with van der Waals surface area (Å²) < 4.78 is 5.11. The fourth-order valence-corrected chi connectivity index (χ4v) is 2.41. The van der Waals surface area contributed by atoms with E-state index in [1.807, 2.05) is 25.1 Å². The Kier molecular flexibility index (Phi) is 5.11. The summed E-state index contributed by atoms with van der Waals surface area (Å²) in [7, 11) is 5.49.